The molecule has 0 amide bonds. The van der Waals surface area contributed by atoms with Gasteiger partial charge in [-0.3, -0.25) is 9.13 Å². The first-order chi connectivity index (χ1) is 6.16. The standard InChI is InChI=1S/C10H18N2O/c1-4-5-6-11-7-8-12(9(2)3)10(11)13/h7-9H,4-6H2,1-3H3. The van der Waals surface area contributed by atoms with Gasteiger partial charge >= 0.3 is 5.69 Å². The average molecular weight is 182 g/mol. The molecule has 0 aliphatic rings. The Labute approximate surface area is 79.0 Å². The number of rotatable bonds is 4. The monoisotopic (exact) mass is 182 g/mol. The summed E-state index contributed by atoms with van der Waals surface area (Å²) in [5, 5.41) is 0. The summed E-state index contributed by atoms with van der Waals surface area (Å²) in [5.74, 6) is 0. The van der Waals surface area contributed by atoms with Crippen molar-refractivity contribution < 1.29 is 0 Å². The zero-order chi connectivity index (χ0) is 9.84. The first kappa shape index (κ1) is 10.1. The molecule has 74 valence electrons. The molecule has 0 radical (unpaired) electrons. The third-order valence-electron chi connectivity index (χ3n) is 2.18. The highest BCUT2D eigenvalue weighted by Gasteiger charge is 2.04. The van der Waals surface area contributed by atoms with E-state index >= 15 is 0 Å². The molecule has 3 nitrogen and oxygen atoms in total. The van der Waals surface area contributed by atoms with E-state index in [0.29, 0.717) is 0 Å². The molecule has 0 atom stereocenters. The van der Waals surface area contributed by atoms with E-state index in [-0.39, 0.29) is 11.7 Å². The summed E-state index contributed by atoms with van der Waals surface area (Å²) in [7, 11) is 0. The van der Waals surface area contributed by atoms with Crippen LogP contribution in [0, 0.1) is 0 Å². The molecule has 0 saturated carbocycles. The van der Waals surface area contributed by atoms with Crippen LogP contribution < -0.4 is 5.69 Å². The molecule has 0 aliphatic carbocycles. The Kier molecular flexibility index (Phi) is 3.34. The lowest BCUT2D eigenvalue weighted by Gasteiger charge is -2.04. The van der Waals surface area contributed by atoms with E-state index in [4.69, 9.17) is 0 Å². The fraction of sp³-hybridized carbons (Fsp3) is 0.700. The van der Waals surface area contributed by atoms with Crippen molar-refractivity contribution in [2.75, 3.05) is 0 Å². The van der Waals surface area contributed by atoms with Gasteiger partial charge in [0.1, 0.15) is 0 Å². The molecule has 0 N–H and O–H groups in total. The Bertz CT molecular complexity index is 309. The molecule has 0 bridgehead atoms. The number of aromatic nitrogens is 2. The lowest BCUT2D eigenvalue weighted by atomic mass is 10.3. The van der Waals surface area contributed by atoms with Crippen molar-refractivity contribution in [2.45, 2.75) is 46.2 Å². The summed E-state index contributed by atoms with van der Waals surface area (Å²) in [6, 6.07) is 0.260. The van der Waals surface area contributed by atoms with Gasteiger partial charge in [0.05, 0.1) is 0 Å². The minimum Gasteiger partial charge on any atom is -0.299 e. The quantitative estimate of drug-likeness (QED) is 0.700. The molecule has 3 heteroatoms. The van der Waals surface area contributed by atoms with E-state index in [9.17, 15) is 4.79 Å². The summed E-state index contributed by atoms with van der Waals surface area (Å²) in [4.78, 5) is 11.6. The van der Waals surface area contributed by atoms with Gasteiger partial charge in [-0.05, 0) is 20.3 Å². The molecule has 0 unspecified atom stereocenters. The van der Waals surface area contributed by atoms with Crippen LogP contribution in [0.2, 0.25) is 0 Å². The highest BCUT2D eigenvalue weighted by molar-refractivity contribution is 4.83. The van der Waals surface area contributed by atoms with Gasteiger partial charge < -0.3 is 0 Å². The predicted octanol–water partition coefficient (Wildman–Crippen LogP) is 2.03. The molecule has 0 aliphatic heterocycles. The van der Waals surface area contributed by atoms with Gasteiger partial charge in [-0.2, -0.15) is 0 Å². The lowest BCUT2D eigenvalue weighted by Crippen LogP contribution is -2.25. The molecule has 1 heterocycles. The van der Waals surface area contributed by atoms with Crippen molar-refractivity contribution in [3.05, 3.63) is 22.9 Å². The zero-order valence-electron chi connectivity index (χ0n) is 8.66. The van der Waals surface area contributed by atoms with Crippen molar-refractivity contribution in [3.63, 3.8) is 0 Å². The predicted molar refractivity (Wildman–Crippen MR) is 54.0 cm³/mol. The summed E-state index contributed by atoms with van der Waals surface area (Å²) >= 11 is 0. The first-order valence-electron chi connectivity index (χ1n) is 4.94. The van der Waals surface area contributed by atoms with Gasteiger partial charge in [-0.15, -0.1) is 0 Å². The Hall–Kier alpha value is -0.990. The molecule has 1 aromatic heterocycles. The molecule has 1 rings (SSSR count). The maximum Gasteiger partial charge on any atom is 0.328 e. The van der Waals surface area contributed by atoms with E-state index in [2.05, 4.69) is 6.92 Å². The molecule has 13 heavy (non-hydrogen) atoms. The second-order valence-electron chi connectivity index (χ2n) is 3.63. The van der Waals surface area contributed by atoms with E-state index in [0.717, 1.165) is 19.4 Å². The number of imidazole rings is 1. The lowest BCUT2D eigenvalue weighted by molar-refractivity contribution is 0.540. The SMILES string of the molecule is CCCCn1ccn(C(C)C)c1=O. The number of nitrogens with zero attached hydrogens (tertiary/aromatic N) is 2. The summed E-state index contributed by atoms with van der Waals surface area (Å²) < 4.78 is 3.54. The highest BCUT2D eigenvalue weighted by Crippen LogP contribution is 2.00. The number of unbranched alkanes of at least 4 members (excludes halogenated alkanes) is 1. The molecule has 0 aromatic carbocycles. The van der Waals surface area contributed by atoms with Crippen molar-refractivity contribution in [2.24, 2.45) is 0 Å². The van der Waals surface area contributed by atoms with E-state index in [1.165, 1.54) is 0 Å². The third-order valence-corrected chi connectivity index (χ3v) is 2.18. The van der Waals surface area contributed by atoms with E-state index in [1.807, 2.05) is 26.2 Å². The van der Waals surface area contributed by atoms with Crippen LogP contribution in [0.15, 0.2) is 17.2 Å². The smallest absolute Gasteiger partial charge is 0.299 e. The molecule has 0 saturated heterocycles. The minimum absolute atomic E-state index is 0.114. The second kappa shape index (κ2) is 4.30. The highest BCUT2D eigenvalue weighted by atomic mass is 16.1. The molecule has 0 spiro atoms. The zero-order valence-corrected chi connectivity index (χ0v) is 8.66. The molecule has 0 fully saturated rings. The largest absolute Gasteiger partial charge is 0.328 e. The third kappa shape index (κ3) is 2.23. The Balaban J connectivity index is 2.81. The van der Waals surface area contributed by atoms with Crippen LogP contribution in [-0.2, 0) is 6.54 Å². The Morgan fingerprint density at radius 2 is 2.08 bits per heavy atom. The summed E-state index contributed by atoms with van der Waals surface area (Å²) in [6.07, 6.45) is 5.93. The van der Waals surface area contributed by atoms with Gasteiger partial charge in [0.25, 0.3) is 0 Å². The van der Waals surface area contributed by atoms with Gasteiger partial charge in [-0.1, -0.05) is 13.3 Å². The van der Waals surface area contributed by atoms with Crippen molar-refractivity contribution >= 4 is 0 Å². The Morgan fingerprint density at radius 1 is 1.38 bits per heavy atom. The van der Waals surface area contributed by atoms with Crippen LogP contribution in [0.25, 0.3) is 0 Å². The fourth-order valence-corrected chi connectivity index (χ4v) is 1.32. The van der Waals surface area contributed by atoms with Crippen LogP contribution in [0.3, 0.4) is 0 Å². The average Bonchev–Trinajstić information content (AvgIpc) is 2.43. The molecule has 1 aromatic rings. The van der Waals surface area contributed by atoms with Crippen molar-refractivity contribution in [1.29, 1.82) is 0 Å². The second-order valence-corrected chi connectivity index (χ2v) is 3.63. The topological polar surface area (TPSA) is 26.9 Å². The van der Waals surface area contributed by atoms with Crippen LogP contribution in [0.1, 0.15) is 39.7 Å². The minimum atomic E-state index is 0.114. The van der Waals surface area contributed by atoms with E-state index in [1.54, 1.807) is 9.13 Å². The van der Waals surface area contributed by atoms with Crippen LogP contribution >= 0.6 is 0 Å². The molecular formula is C10H18N2O. The summed E-state index contributed by atoms with van der Waals surface area (Å²) in [5.41, 5.74) is 0.114. The number of hydrogen-bond donors (Lipinski definition) is 0. The molecular weight excluding hydrogens is 164 g/mol. The maximum atomic E-state index is 11.6. The fourth-order valence-electron chi connectivity index (χ4n) is 1.32. The van der Waals surface area contributed by atoms with Crippen LogP contribution in [0.5, 0.6) is 0 Å². The maximum absolute atomic E-state index is 11.6. The van der Waals surface area contributed by atoms with Gasteiger partial charge in [0, 0.05) is 25.0 Å². The normalized spacial score (nSPS) is 11.1. The van der Waals surface area contributed by atoms with E-state index < -0.39 is 0 Å². The van der Waals surface area contributed by atoms with Gasteiger partial charge in [0.2, 0.25) is 0 Å². The summed E-state index contributed by atoms with van der Waals surface area (Å²) in [6.45, 7) is 7.01. The van der Waals surface area contributed by atoms with Crippen LogP contribution in [-0.4, -0.2) is 9.13 Å². The van der Waals surface area contributed by atoms with Crippen LogP contribution in [0.4, 0.5) is 0 Å². The van der Waals surface area contributed by atoms with Crippen molar-refractivity contribution in [1.82, 2.24) is 9.13 Å². The van der Waals surface area contributed by atoms with Gasteiger partial charge in [0.15, 0.2) is 0 Å². The van der Waals surface area contributed by atoms with Gasteiger partial charge in [-0.25, -0.2) is 4.79 Å². The first-order valence-corrected chi connectivity index (χ1v) is 4.94. The number of hydrogen-bond acceptors (Lipinski definition) is 1. The van der Waals surface area contributed by atoms with Crippen molar-refractivity contribution in [3.8, 4) is 0 Å². The Morgan fingerprint density at radius 3 is 2.54 bits per heavy atom. The number of aryl methyl sites for hydroxylation is 1.